The van der Waals surface area contributed by atoms with Crippen molar-refractivity contribution in [3.8, 4) is 0 Å². The summed E-state index contributed by atoms with van der Waals surface area (Å²) < 4.78 is 2.17. The molecule has 1 aromatic rings. The quantitative estimate of drug-likeness (QED) is 0.870. The smallest absolute Gasteiger partial charge is 0.268 e. The normalized spacial score (nSPS) is 27.2. The standard InChI is InChI=1S/C15H23N3O/c1-2-11-10-13(11)17-15(19)14-4-3-9-18(14)12-5-7-16-8-6-12/h3-4,9,11-13,16H,2,5-8,10H2,1H3,(H,17,19). The van der Waals surface area contributed by atoms with Crippen LogP contribution in [0.1, 0.15) is 49.1 Å². The lowest BCUT2D eigenvalue weighted by molar-refractivity contribution is 0.0936. The Morgan fingerprint density at radius 3 is 2.95 bits per heavy atom. The van der Waals surface area contributed by atoms with E-state index in [2.05, 4.69) is 28.3 Å². The second-order valence-electron chi connectivity index (χ2n) is 5.77. The highest BCUT2D eigenvalue weighted by molar-refractivity contribution is 5.93. The van der Waals surface area contributed by atoms with Gasteiger partial charge in [-0.25, -0.2) is 0 Å². The average Bonchev–Trinajstić information content (AvgIpc) is 3.01. The number of aromatic nitrogens is 1. The number of piperidine rings is 1. The molecule has 0 aromatic carbocycles. The molecule has 1 aliphatic carbocycles. The predicted molar refractivity (Wildman–Crippen MR) is 75.2 cm³/mol. The summed E-state index contributed by atoms with van der Waals surface area (Å²) in [6.07, 6.45) is 6.58. The molecule has 104 valence electrons. The molecule has 1 saturated carbocycles. The molecule has 2 fully saturated rings. The van der Waals surface area contributed by atoms with Gasteiger partial charge < -0.3 is 15.2 Å². The molecule has 1 saturated heterocycles. The number of carbonyl (C=O) groups is 1. The summed E-state index contributed by atoms with van der Waals surface area (Å²) in [4.78, 5) is 12.3. The topological polar surface area (TPSA) is 46.1 Å². The number of hydrogen-bond donors (Lipinski definition) is 2. The molecule has 2 unspecified atom stereocenters. The number of carbonyl (C=O) groups excluding carboxylic acids is 1. The zero-order valence-corrected chi connectivity index (χ0v) is 11.6. The lowest BCUT2D eigenvalue weighted by Gasteiger charge is -2.25. The van der Waals surface area contributed by atoms with Crippen LogP contribution in [0.3, 0.4) is 0 Å². The van der Waals surface area contributed by atoms with E-state index in [-0.39, 0.29) is 5.91 Å². The van der Waals surface area contributed by atoms with Gasteiger partial charge in [-0.1, -0.05) is 13.3 Å². The Morgan fingerprint density at radius 1 is 1.47 bits per heavy atom. The van der Waals surface area contributed by atoms with E-state index < -0.39 is 0 Å². The Kier molecular flexibility index (Phi) is 3.60. The molecule has 2 N–H and O–H groups in total. The van der Waals surface area contributed by atoms with Crippen LogP contribution >= 0.6 is 0 Å². The Balaban J connectivity index is 1.67. The number of nitrogens with one attached hydrogen (secondary N) is 2. The van der Waals surface area contributed by atoms with Gasteiger partial charge in [0, 0.05) is 18.3 Å². The lowest BCUT2D eigenvalue weighted by Crippen LogP contribution is -2.33. The summed E-state index contributed by atoms with van der Waals surface area (Å²) in [6.45, 7) is 4.28. The number of hydrogen-bond acceptors (Lipinski definition) is 2. The Bertz CT molecular complexity index is 448. The van der Waals surface area contributed by atoms with Crippen LogP contribution in [0.15, 0.2) is 18.3 Å². The minimum atomic E-state index is 0.101. The second-order valence-corrected chi connectivity index (χ2v) is 5.77. The first-order valence-electron chi connectivity index (χ1n) is 7.48. The molecular formula is C15H23N3O. The van der Waals surface area contributed by atoms with Gasteiger partial charge >= 0.3 is 0 Å². The van der Waals surface area contributed by atoms with E-state index in [1.165, 1.54) is 6.42 Å². The molecule has 19 heavy (non-hydrogen) atoms. The SMILES string of the molecule is CCC1CC1NC(=O)c1cccn1C1CCNCC1. The Morgan fingerprint density at radius 2 is 2.26 bits per heavy atom. The summed E-state index contributed by atoms with van der Waals surface area (Å²) in [7, 11) is 0. The maximum atomic E-state index is 12.3. The van der Waals surface area contributed by atoms with Crippen molar-refractivity contribution in [2.75, 3.05) is 13.1 Å². The largest absolute Gasteiger partial charge is 0.348 e. The highest BCUT2D eigenvalue weighted by Gasteiger charge is 2.37. The third-order valence-electron chi connectivity index (χ3n) is 4.48. The van der Waals surface area contributed by atoms with Gasteiger partial charge in [-0.3, -0.25) is 4.79 Å². The van der Waals surface area contributed by atoms with E-state index >= 15 is 0 Å². The van der Waals surface area contributed by atoms with Gasteiger partial charge in [0.15, 0.2) is 0 Å². The summed E-state index contributed by atoms with van der Waals surface area (Å²) >= 11 is 0. The lowest BCUT2D eigenvalue weighted by atomic mass is 10.1. The Labute approximate surface area is 114 Å². The minimum Gasteiger partial charge on any atom is -0.348 e. The maximum absolute atomic E-state index is 12.3. The van der Waals surface area contributed by atoms with Gasteiger partial charge in [-0.2, -0.15) is 0 Å². The highest BCUT2D eigenvalue weighted by Crippen LogP contribution is 2.33. The van der Waals surface area contributed by atoms with Crippen molar-refractivity contribution >= 4 is 5.91 Å². The van der Waals surface area contributed by atoms with Crippen molar-refractivity contribution in [2.45, 2.75) is 44.7 Å². The Hall–Kier alpha value is -1.29. The van der Waals surface area contributed by atoms with Gasteiger partial charge in [0.2, 0.25) is 0 Å². The minimum absolute atomic E-state index is 0.101. The molecule has 4 nitrogen and oxygen atoms in total. The summed E-state index contributed by atoms with van der Waals surface area (Å²) in [6, 6.07) is 4.81. The van der Waals surface area contributed by atoms with Crippen molar-refractivity contribution in [3.05, 3.63) is 24.0 Å². The van der Waals surface area contributed by atoms with Crippen molar-refractivity contribution in [3.63, 3.8) is 0 Å². The fraction of sp³-hybridized carbons (Fsp3) is 0.667. The number of amides is 1. The average molecular weight is 261 g/mol. The summed E-state index contributed by atoms with van der Waals surface area (Å²) in [5, 5.41) is 6.53. The van der Waals surface area contributed by atoms with E-state index in [0.29, 0.717) is 18.0 Å². The molecule has 0 radical (unpaired) electrons. The fourth-order valence-electron chi connectivity index (χ4n) is 3.11. The number of rotatable bonds is 4. The molecule has 1 aromatic heterocycles. The van der Waals surface area contributed by atoms with E-state index in [0.717, 1.165) is 38.0 Å². The fourth-order valence-corrected chi connectivity index (χ4v) is 3.11. The van der Waals surface area contributed by atoms with Crippen LogP contribution in [0, 0.1) is 5.92 Å². The third kappa shape index (κ3) is 2.68. The van der Waals surface area contributed by atoms with Crippen LogP contribution in [0.2, 0.25) is 0 Å². The molecule has 1 aliphatic heterocycles. The van der Waals surface area contributed by atoms with Crippen molar-refractivity contribution < 1.29 is 4.79 Å². The van der Waals surface area contributed by atoms with Gasteiger partial charge in [-0.15, -0.1) is 0 Å². The van der Waals surface area contributed by atoms with Gasteiger partial charge in [0.1, 0.15) is 5.69 Å². The second kappa shape index (κ2) is 5.37. The van der Waals surface area contributed by atoms with Crippen LogP contribution in [0.4, 0.5) is 0 Å². The molecule has 0 spiro atoms. The first-order valence-corrected chi connectivity index (χ1v) is 7.48. The summed E-state index contributed by atoms with van der Waals surface area (Å²) in [5.74, 6) is 0.802. The van der Waals surface area contributed by atoms with E-state index in [1.807, 2.05) is 12.1 Å². The van der Waals surface area contributed by atoms with Gasteiger partial charge in [0.25, 0.3) is 5.91 Å². The van der Waals surface area contributed by atoms with Crippen LogP contribution in [-0.2, 0) is 0 Å². The van der Waals surface area contributed by atoms with Gasteiger partial charge in [0.05, 0.1) is 0 Å². The highest BCUT2D eigenvalue weighted by atomic mass is 16.2. The van der Waals surface area contributed by atoms with Crippen LogP contribution in [0.25, 0.3) is 0 Å². The molecule has 0 bridgehead atoms. The molecule has 1 amide bonds. The summed E-state index contributed by atoms with van der Waals surface area (Å²) in [5.41, 5.74) is 0.827. The first kappa shape index (κ1) is 12.7. The third-order valence-corrected chi connectivity index (χ3v) is 4.48. The molecule has 3 rings (SSSR count). The van der Waals surface area contributed by atoms with E-state index in [1.54, 1.807) is 0 Å². The van der Waals surface area contributed by atoms with Crippen molar-refractivity contribution in [1.29, 1.82) is 0 Å². The maximum Gasteiger partial charge on any atom is 0.268 e. The zero-order valence-electron chi connectivity index (χ0n) is 11.6. The monoisotopic (exact) mass is 261 g/mol. The zero-order chi connectivity index (χ0) is 13.2. The molecule has 4 heteroatoms. The van der Waals surface area contributed by atoms with Crippen molar-refractivity contribution in [1.82, 2.24) is 15.2 Å². The molecule has 2 heterocycles. The van der Waals surface area contributed by atoms with Crippen molar-refractivity contribution in [2.24, 2.45) is 5.92 Å². The predicted octanol–water partition coefficient (Wildman–Crippen LogP) is 1.94. The first-order chi connectivity index (χ1) is 9.29. The van der Waals surface area contributed by atoms with Crippen LogP contribution in [-0.4, -0.2) is 29.6 Å². The molecular weight excluding hydrogens is 238 g/mol. The molecule has 2 aliphatic rings. The molecule has 2 atom stereocenters. The van der Waals surface area contributed by atoms with E-state index in [4.69, 9.17) is 0 Å². The van der Waals surface area contributed by atoms with Gasteiger partial charge in [-0.05, 0) is 50.4 Å². The number of nitrogens with zero attached hydrogens (tertiary/aromatic N) is 1. The van der Waals surface area contributed by atoms with Crippen LogP contribution in [0.5, 0.6) is 0 Å². The van der Waals surface area contributed by atoms with E-state index in [9.17, 15) is 4.79 Å². The van der Waals surface area contributed by atoms with Crippen LogP contribution < -0.4 is 10.6 Å².